The number of hydrogen-bond acceptors (Lipinski definition) is 5. The Bertz CT molecular complexity index is 678. The molecule has 0 aliphatic carbocycles. The van der Waals surface area contributed by atoms with Gasteiger partial charge in [-0.1, -0.05) is 0 Å². The lowest BCUT2D eigenvalue weighted by Crippen LogP contribution is -2.13. The zero-order valence-electron chi connectivity index (χ0n) is 11.9. The van der Waals surface area contributed by atoms with Crippen molar-refractivity contribution >= 4 is 23.4 Å². The molecule has 122 valence electrons. The van der Waals surface area contributed by atoms with Crippen molar-refractivity contribution in [2.45, 2.75) is 6.18 Å². The van der Waals surface area contributed by atoms with E-state index in [2.05, 4.69) is 15.3 Å². The zero-order chi connectivity index (χ0) is 16.9. The molecule has 1 heterocycles. The fourth-order valence-electron chi connectivity index (χ4n) is 1.59. The highest BCUT2D eigenvalue weighted by Crippen LogP contribution is 2.29. The third-order valence-electron chi connectivity index (χ3n) is 2.55. The summed E-state index contributed by atoms with van der Waals surface area (Å²) in [5, 5.41) is 2.67. The molecule has 0 saturated carbocycles. The molecule has 0 unspecified atom stereocenters. The fourth-order valence-corrected chi connectivity index (χ4v) is 1.92. The average molecular weight is 343 g/mol. The predicted molar refractivity (Wildman–Crippen MR) is 80.6 cm³/mol. The molecule has 2 rings (SSSR count). The van der Waals surface area contributed by atoms with Gasteiger partial charge in [-0.3, -0.25) is 4.79 Å². The highest BCUT2D eigenvalue weighted by atomic mass is 32.2. The van der Waals surface area contributed by atoms with Crippen LogP contribution in [-0.2, 0) is 11.0 Å². The number of aromatic nitrogens is 2. The van der Waals surface area contributed by atoms with Crippen molar-refractivity contribution in [2.24, 2.45) is 0 Å². The Morgan fingerprint density at radius 2 is 1.96 bits per heavy atom. The van der Waals surface area contributed by atoms with Crippen LogP contribution in [0.25, 0.3) is 0 Å². The topological polar surface area (TPSA) is 64.1 Å². The van der Waals surface area contributed by atoms with Gasteiger partial charge in [-0.25, -0.2) is 4.98 Å². The first-order valence-electron chi connectivity index (χ1n) is 6.35. The molecule has 0 radical (unpaired) electrons. The summed E-state index contributed by atoms with van der Waals surface area (Å²) >= 11 is 1.39. The number of ether oxygens (including phenoxy) is 1. The lowest BCUT2D eigenvalue weighted by molar-refractivity contribution is -0.141. The van der Waals surface area contributed by atoms with Crippen molar-refractivity contribution in [1.82, 2.24) is 9.97 Å². The van der Waals surface area contributed by atoms with Gasteiger partial charge in [0.1, 0.15) is 5.75 Å². The van der Waals surface area contributed by atoms with E-state index in [1.807, 2.05) is 6.26 Å². The van der Waals surface area contributed by atoms with Crippen LogP contribution in [0.4, 0.5) is 18.9 Å². The smallest absolute Gasteiger partial charge is 0.424 e. The van der Waals surface area contributed by atoms with E-state index in [0.29, 0.717) is 11.4 Å². The van der Waals surface area contributed by atoms with Gasteiger partial charge in [0, 0.05) is 11.9 Å². The van der Waals surface area contributed by atoms with E-state index in [1.54, 1.807) is 12.1 Å². The number of carbonyl (C=O) groups excluding carboxylic acids is 1. The minimum absolute atomic E-state index is 0.146. The second-order valence-corrected chi connectivity index (χ2v) is 5.20. The van der Waals surface area contributed by atoms with Crippen LogP contribution >= 0.6 is 11.8 Å². The number of halogens is 3. The summed E-state index contributed by atoms with van der Waals surface area (Å²) in [5.74, 6) is 0.440. The Labute approximate surface area is 134 Å². The number of benzene rings is 1. The number of anilines is 1. The molecule has 0 bridgehead atoms. The summed E-state index contributed by atoms with van der Waals surface area (Å²) in [4.78, 5) is 18.4. The molecule has 5 nitrogen and oxygen atoms in total. The van der Waals surface area contributed by atoms with Crippen molar-refractivity contribution in [3.63, 3.8) is 0 Å². The van der Waals surface area contributed by atoms with Gasteiger partial charge in [-0.2, -0.15) is 29.9 Å². The number of nitrogens with one attached hydrogen (secondary N) is 1. The maximum atomic E-state index is 12.6. The molecule has 1 N–H and O–H groups in total. The van der Waals surface area contributed by atoms with Gasteiger partial charge in [0.05, 0.1) is 5.75 Å². The van der Waals surface area contributed by atoms with Gasteiger partial charge in [-0.15, -0.1) is 0 Å². The van der Waals surface area contributed by atoms with Gasteiger partial charge in [-0.05, 0) is 36.6 Å². The van der Waals surface area contributed by atoms with E-state index < -0.39 is 17.9 Å². The number of amides is 1. The SMILES string of the molecule is CSCC(=O)Nc1ccc(Oc2nccc(C(F)(F)F)n2)cc1. The Kier molecular flexibility index (Phi) is 5.43. The highest BCUT2D eigenvalue weighted by Gasteiger charge is 2.33. The van der Waals surface area contributed by atoms with Gasteiger partial charge in [0.15, 0.2) is 5.69 Å². The van der Waals surface area contributed by atoms with E-state index in [4.69, 9.17) is 4.74 Å². The largest absolute Gasteiger partial charge is 0.433 e. The van der Waals surface area contributed by atoms with Crippen molar-refractivity contribution in [3.05, 3.63) is 42.2 Å². The molecule has 0 atom stereocenters. The molecule has 1 aromatic heterocycles. The molecule has 0 aliphatic rings. The number of thioether (sulfide) groups is 1. The first-order chi connectivity index (χ1) is 10.9. The van der Waals surface area contributed by atoms with E-state index in [-0.39, 0.29) is 11.7 Å². The third kappa shape index (κ3) is 5.13. The zero-order valence-corrected chi connectivity index (χ0v) is 12.7. The van der Waals surface area contributed by atoms with Crippen LogP contribution in [-0.4, -0.2) is 27.9 Å². The van der Waals surface area contributed by atoms with Gasteiger partial charge in [0.25, 0.3) is 0 Å². The fraction of sp³-hybridized carbons (Fsp3) is 0.214. The van der Waals surface area contributed by atoms with E-state index in [1.165, 1.54) is 23.9 Å². The lowest BCUT2D eigenvalue weighted by Gasteiger charge is -2.08. The minimum Gasteiger partial charge on any atom is -0.424 e. The van der Waals surface area contributed by atoms with Crippen LogP contribution in [0.15, 0.2) is 36.5 Å². The Balaban J connectivity index is 2.05. The lowest BCUT2D eigenvalue weighted by atomic mass is 10.3. The quantitative estimate of drug-likeness (QED) is 0.899. The first-order valence-corrected chi connectivity index (χ1v) is 7.75. The summed E-state index contributed by atoms with van der Waals surface area (Å²) in [6.45, 7) is 0. The molecule has 9 heteroatoms. The summed E-state index contributed by atoms with van der Waals surface area (Å²) in [7, 11) is 0. The summed E-state index contributed by atoms with van der Waals surface area (Å²) in [6, 6.07) is 6.50. The number of carbonyl (C=O) groups is 1. The van der Waals surface area contributed by atoms with Crippen LogP contribution in [0.5, 0.6) is 11.8 Å². The molecule has 0 aliphatic heterocycles. The second kappa shape index (κ2) is 7.32. The number of alkyl halides is 3. The normalized spacial score (nSPS) is 11.1. The number of hydrogen-bond donors (Lipinski definition) is 1. The maximum absolute atomic E-state index is 12.6. The Hall–Kier alpha value is -2.29. The van der Waals surface area contributed by atoms with Crippen molar-refractivity contribution in [3.8, 4) is 11.8 Å². The molecule has 1 aromatic carbocycles. The maximum Gasteiger partial charge on any atom is 0.433 e. The molecular weight excluding hydrogens is 331 g/mol. The molecule has 23 heavy (non-hydrogen) atoms. The molecule has 0 saturated heterocycles. The van der Waals surface area contributed by atoms with Gasteiger partial charge >= 0.3 is 12.2 Å². The summed E-state index contributed by atoms with van der Waals surface area (Å²) in [5.41, 5.74) is -0.523. The van der Waals surface area contributed by atoms with Crippen LogP contribution in [0.1, 0.15) is 5.69 Å². The van der Waals surface area contributed by atoms with Gasteiger partial charge < -0.3 is 10.1 Å². The van der Waals surface area contributed by atoms with Crippen LogP contribution in [0.3, 0.4) is 0 Å². The van der Waals surface area contributed by atoms with E-state index in [9.17, 15) is 18.0 Å². The monoisotopic (exact) mass is 343 g/mol. The Morgan fingerprint density at radius 3 is 2.57 bits per heavy atom. The minimum atomic E-state index is -4.56. The Morgan fingerprint density at radius 1 is 1.26 bits per heavy atom. The second-order valence-electron chi connectivity index (χ2n) is 4.33. The molecule has 0 fully saturated rings. The number of rotatable bonds is 5. The average Bonchev–Trinajstić information content (AvgIpc) is 2.49. The molecular formula is C14H12F3N3O2S. The summed E-state index contributed by atoms with van der Waals surface area (Å²) in [6.07, 6.45) is -1.78. The van der Waals surface area contributed by atoms with Crippen molar-refractivity contribution < 1.29 is 22.7 Å². The van der Waals surface area contributed by atoms with Crippen LogP contribution < -0.4 is 10.1 Å². The van der Waals surface area contributed by atoms with Crippen LogP contribution in [0, 0.1) is 0 Å². The highest BCUT2D eigenvalue weighted by molar-refractivity contribution is 7.99. The molecule has 2 aromatic rings. The van der Waals surface area contributed by atoms with E-state index >= 15 is 0 Å². The molecule has 0 spiro atoms. The standard InChI is InChI=1S/C14H12F3N3O2S/c1-23-8-12(21)19-9-2-4-10(5-3-9)22-13-18-7-6-11(20-13)14(15,16)17/h2-7H,8H2,1H3,(H,19,21). The van der Waals surface area contributed by atoms with Crippen molar-refractivity contribution in [2.75, 3.05) is 17.3 Å². The third-order valence-corrected chi connectivity index (χ3v) is 3.10. The van der Waals surface area contributed by atoms with Crippen molar-refractivity contribution in [1.29, 1.82) is 0 Å². The number of nitrogens with zero attached hydrogens (tertiary/aromatic N) is 2. The first kappa shape index (κ1) is 17.1. The van der Waals surface area contributed by atoms with Crippen LogP contribution in [0.2, 0.25) is 0 Å². The van der Waals surface area contributed by atoms with E-state index in [0.717, 1.165) is 12.3 Å². The van der Waals surface area contributed by atoms with Gasteiger partial charge in [0.2, 0.25) is 5.91 Å². The molecule has 1 amide bonds. The summed E-state index contributed by atoms with van der Waals surface area (Å²) < 4.78 is 42.9. The predicted octanol–water partition coefficient (Wildman–Crippen LogP) is 3.59.